The monoisotopic (exact) mass is 624 g/mol. The Morgan fingerprint density at radius 2 is 1.60 bits per heavy atom. The smallest absolute Gasteiger partial charge is 0.338 e. The lowest BCUT2D eigenvalue weighted by Crippen LogP contribution is -2.36. The molecule has 1 aliphatic heterocycles. The number of hydrogen-bond donors (Lipinski definition) is 1. The summed E-state index contributed by atoms with van der Waals surface area (Å²) in [7, 11) is -2.65. The summed E-state index contributed by atoms with van der Waals surface area (Å²) in [5.74, 6) is -0.974. The van der Waals surface area contributed by atoms with Crippen molar-refractivity contribution in [1.82, 2.24) is 8.54 Å². The van der Waals surface area contributed by atoms with E-state index in [1.54, 1.807) is 78.9 Å². The van der Waals surface area contributed by atoms with E-state index in [4.69, 9.17) is 9.47 Å². The van der Waals surface area contributed by atoms with Gasteiger partial charge in [-0.25, -0.2) is 21.6 Å². The average molecular weight is 625 g/mol. The first-order valence-corrected chi connectivity index (χ1v) is 15.9. The molecule has 1 saturated heterocycles. The van der Waals surface area contributed by atoms with Gasteiger partial charge in [0.25, 0.3) is 10.0 Å². The van der Waals surface area contributed by atoms with E-state index in [0.717, 1.165) is 0 Å². The van der Waals surface area contributed by atoms with Gasteiger partial charge in [-0.2, -0.15) is 0 Å². The highest BCUT2D eigenvalue weighted by Gasteiger charge is 2.40. The molecule has 0 amide bonds. The number of methoxy groups -OCH3 is 1. The Hall–Kier alpha value is -4.77. The number of hydrogen-bond acceptors (Lipinski definition) is 6. The van der Waals surface area contributed by atoms with E-state index in [1.165, 1.54) is 29.4 Å². The molecule has 0 radical (unpaired) electrons. The molecule has 7 rings (SSSR count). The van der Waals surface area contributed by atoms with Crippen molar-refractivity contribution in [2.45, 2.75) is 23.3 Å². The maximum Gasteiger partial charge on any atom is 0.338 e. The zero-order valence-electron chi connectivity index (χ0n) is 24.3. The third-order valence-corrected chi connectivity index (χ3v) is 10.2. The molecule has 0 atom stereocenters. The van der Waals surface area contributed by atoms with Crippen LogP contribution in [0.1, 0.15) is 28.9 Å². The maximum atomic E-state index is 14.2. The van der Waals surface area contributed by atoms with Crippen LogP contribution < -0.4 is 0 Å². The van der Waals surface area contributed by atoms with E-state index in [2.05, 4.69) is 0 Å². The molecule has 228 valence electrons. The first kappa shape index (κ1) is 29.0. The van der Waals surface area contributed by atoms with Gasteiger partial charge in [0.1, 0.15) is 11.4 Å². The van der Waals surface area contributed by atoms with Crippen LogP contribution in [0.3, 0.4) is 0 Å². The summed E-state index contributed by atoms with van der Waals surface area (Å²) in [6, 6.07) is 26.5. The topological polar surface area (TPSA) is 99.8 Å². The average Bonchev–Trinajstić information content (AvgIpc) is 3.64. The van der Waals surface area contributed by atoms with E-state index in [1.807, 2.05) is 10.6 Å². The molecule has 2 aromatic heterocycles. The van der Waals surface area contributed by atoms with Gasteiger partial charge in [0, 0.05) is 54.3 Å². The molecule has 8 nitrogen and oxygen atoms in total. The van der Waals surface area contributed by atoms with Crippen molar-refractivity contribution in [2.24, 2.45) is 0 Å². The van der Waals surface area contributed by atoms with Gasteiger partial charge < -0.3 is 19.1 Å². The van der Waals surface area contributed by atoms with Crippen molar-refractivity contribution in [1.29, 1.82) is 0 Å². The highest BCUT2D eigenvalue weighted by atomic mass is 32.2. The molecule has 6 aromatic rings. The van der Waals surface area contributed by atoms with Crippen molar-refractivity contribution >= 4 is 37.8 Å². The fourth-order valence-corrected chi connectivity index (χ4v) is 7.68. The number of carbonyl (C=O) groups excluding carboxylic acids is 1. The zero-order valence-corrected chi connectivity index (χ0v) is 25.1. The number of carbonyl (C=O) groups is 1. The molecule has 4 aromatic carbocycles. The van der Waals surface area contributed by atoms with Gasteiger partial charge in [-0.15, -0.1) is 0 Å². The third-order valence-electron chi connectivity index (χ3n) is 8.49. The third kappa shape index (κ3) is 4.73. The molecule has 45 heavy (non-hydrogen) atoms. The lowest BCUT2D eigenvalue weighted by atomic mass is 9.84. The number of benzene rings is 4. The maximum absolute atomic E-state index is 14.2. The van der Waals surface area contributed by atoms with E-state index in [0.29, 0.717) is 57.5 Å². The highest BCUT2D eigenvalue weighted by Crippen LogP contribution is 2.47. The number of ether oxygens (including phenoxy) is 2. The summed E-state index contributed by atoms with van der Waals surface area (Å²) in [6.07, 6.45) is 2.06. The van der Waals surface area contributed by atoms with Gasteiger partial charge in [-0.05, 0) is 66.2 Å². The fourth-order valence-electron chi connectivity index (χ4n) is 6.31. The Morgan fingerprint density at radius 3 is 2.31 bits per heavy atom. The van der Waals surface area contributed by atoms with Crippen molar-refractivity contribution in [2.75, 3.05) is 20.3 Å². The largest absolute Gasteiger partial charge is 0.465 e. The first-order chi connectivity index (χ1) is 21.7. The van der Waals surface area contributed by atoms with E-state index in [9.17, 15) is 22.7 Å². The van der Waals surface area contributed by atoms with Gasteiger partial charge in [0.15, 0.2) is 0 Å². The minimum Gasteiger partial charge on any atom is -0.465 e. The van der Waals surface area contributed by atoms with Crippen LogP contribution in [0.2, 0.25) is 0 Å². The number of rotatable bonds is 6. The summed E-state index contributed by atoms with van der Waals surface area (Å²) in [4.78, 5) is 13.2. The van der Waals surface area contributed by atoms with Crippen LogP contribution in [0.4, 0.5) is 4.39 Å². The predicted octanol–water partition coefficient (Wildman–Crippen LogP) is 6.41. The number of esters is 1. The Morgan fingerprint density at radius 1 is 0.911 bits per heavy atom. The molecule has 0 bridgehead atoms. The van der Waals surface area contributed by atoms with E-state index < -0.39 is 27.4 Å². The summed E-state index contributed by atoms with van der Waals surface area (Å²) in [5.41, 5.74) is 2.09. The second kappa shape index (κ2) is 11.0. The van der Waals surface area contributed by atoms with Gasteiger partial charge in [0.05, 0.1) is 34.3 Å². The SMILES string of the molecule is COC(=O)c1ccccc1-c1c(C2(O)CCOCC2)n(-c2ccc(F)cc2)c2cc3ccn(S(=O)(=O)c4ccccc4)c3cc12. The standard InChI is InChI=1S/C35H29FN2O6S/c1-43-34(39)28-10-6-5-9-27(28)32-29-22-30-23(15-18-37(30)45(41,42)26-7-3-2-4-8-26)21-31(29)38(25-13-11-24(36)12-14-25)33(32)35(40)16-19-44-20-17-35/h2-15,18,21-22,40H,16-17,19-20H2,1H3. The Balaban J connectivity index is 1.64. The van der Waals surface area contributed by atoms with Gasteiger partial charge in [0.2, 0.25) is 0 Å². The number of nitrogens with zero attached hydrogens (tertiary/aromatic N) is 2. The van der Waals surface area contributed by atoms with Crippen LogP contribution in [0, 0.1) is 5.82 Å². The Bertz CT molecular complexity index is 2180. The lowest BCUT2D eigenvalue weighted by molar-refractivity contribution is -0.0708. The van der Waals surface area contributed by atoms with Crippen LogP contribution in [-0.2, 0) is 25.1 Å². The first-order valence-electron chi connectivity index (χ1n) is 14.5. The normalized spacial score (nSPS) is 15.0. The molecule has 0 aliphatic carbocycles. The van der Waals surface area contributed by atoms with E-state index >= 15 is 0 Å². The number of aliphatic hydroxyl groups is 1. The van der Waals surface area contributed by atoms with Crippen LogP contribution in [0.25, 0.3) is 38.6 Å². The molecule has 1 fully saturated rings. The van der Waals surface area contributed by atoms with Crippen LogP contribution >= 0.6 is 0 Å². The molecular formula is C35H29FN2O6S. The molecule has 0 unspecified atom stereocenters. The van der Waals surface area contributed by atoms with Gasteiger partial charge in [-0.3, -0.25) is 0 Å². The predicted molar refractivity (Wildman–Crippen MR) is 168 cm³/mol. The summed E-state index contributed by atoms with van der Waals surface area (Å²) < 4.78 is 55.7. The van der Waals surface area contributed by atoms with Crippen LogP contribution in [0.15, 0.2) is 108 Å². The number of aromatic nitrogens is 2. The van der Waals surface area contributed by atoms with Gasteiger partial charge in [-0.1, -0.05) is 36.4 Å². The second-order valence-corrected chi connectivity index (χ2v) is 12.9. The fraction of sp³-hybridized carbons (Fsp3) is 0.171. The molecule has 0 saturated carbocycles. The van der Waals surface area contributed by atoms with Crippen molar-refractivity contribution in [3.8, 4) is 16.8 Å². The number of halogens is 1. The van der Waals surface area contributed by atoms with E-state index in [-0.39, 0.29) is 23.3 Å². The highest BCUT2D eigenvalue weighted by molar-refractivity contribution is 7.90. The minimum absolute atomic E-state index is 0.139. The quantitative estimate of drug-likeness (QED) is 0.215. The molecule has 0 spiro atoms. The molecule has 10 heteroatoms. The Kier molecular flexibility index (Phi) is 7.07. The van der Waals surface area contributed by atoms with Crippen LogP contribution in [-0.4, -0.2) is 48.4 Å². The minimum atomic E-state index is -3.96. The summed E-state index contributed by atoms with van der Waals surface area (Å²) in [5, 5.41) is 13.6. The summed E-state index contributed by atoms with van der Waals surface area (Å²) in [6.45, 7) is 0.615. The molecule has 1 aliphatic rings. The second-order valence-electron chi connectivity index (χ2n) is 11.1. The molecule has 1 N–H and O–H groups in total. The van der Waals surface area contributed by atoms with Crippen LogP contribution in [0.5, 0.6) is 0 Å². The van der Waals surface area contributed by atoms with Crippen molar-refractivity contribution in [3.63, 3.8) is 0 Å². The van der Waals surface area contributed by atoms with Crippen molar-refractivity contribution in [3.05, 3.63) is 120 Å². The summed E-state index contributed by atoms with van der Waals surface area (Å²) >= 11 is 0. The lowest BCUT2D eigenvalue weighted by Gasteiger charge is -2.34. The molecule has 3 heterocycles. The van der Waals surface area contributed by atoms with Gasteiger partial charge >= 0.3 is 5.97 Å². The molecular weight excluding hydrogens is 595 g/mol. The van der Waals surface area contributed by atoms with Crippen molar-refractivity contribution < 1.29 is 32.2 Å². The zero-order chi connectivity index (χ0) is 31.3. The Labute approximate surface area is 258 Å². The number of fused-ring (bicyclic) bond motifs is 2.